The third-order valence-corrected chi connectivity index (χ3v) is 3.30. The molecule has 5 heteroatoms. The molecular weight excluding hydrogens is 281 g/mol. The zero-order valence-electron chi connectivity index (χ0n) is 10.8. The molecule has 100 valence electrons. The normalized spacial score (nSPS) is 10.8. The van der Waals surface area contributed by atoms with Crippen molar-refractivity contribution >= 4 is 29.0 Å². The van der Waals surface area contributed by atoms with Crippen molar-refractivity contribution in [1.82, 2.24) is 9.97 Å². The zero-order chi connectivity index (χ0) is 13.8. The first-order valence-corrected chi connectivity index (χ1v) is 6.82. The lowest BCUT2D eigenvalue weighted by atomic mass is 10.1. The van der Waals surface area contributed by atoms with Crippen LogP contribution >= 0.6 is 23.2 Å². The van der Waals surface area contributed by atoms with Crippen molar-refractivity contribution in [3.63, 3.8) is 0 Å². The third-order valence-electron chi connectivity index (χ3n) is 2.76. The van der Waals surface area contributed by atoms with Crippen molar-refractivity contribution < 1.29 is 0 Å². The summed E-state index contributed by atoms with van der Waals surface area (Å²) in [7, 11) is 0. The average Bonchev–Trinajstić information content (AvgIpc) is 2.36. The van der Waals surface area contributed by atoms with Crippen molar-refractivity contribution in [3.8, 4) is 0 Å². The SMILES string of the molecule is CC(C)c1c(Cl)ncnc1NCc1cccc(Cl)c1. The monoisotopic (exact) mass is 295 g/mol. The second-order valence-corrected chi connectivity index (χ2v) is 5.36. The number of rotatable bonds is 4. The maximum Gasteiger partial charge on any atom is 0.138 e. The van der Waals surface area contributed by atoms with Gasteiger partial charge in [0.05, 0.1) is 0 Å². The molecule has 1 heterocycles. The molecule has 2 rings (SSSR count). The van der Waals surface area contributed by atoms with E-state index in [2.05, 4.69) is 29.1 Å². The van der Waals surface area contributed by atoms with E-state index in [-0.39, 0.29) is 5.92 Å². The summed E-state index contributed by atoms with van der Waals surface area (Å²) in [6.45, 7) is 4.78. The molecular formula is C14H15Cl2N3. The fourth-order valence-electron chi connectivity index (χ4n) is 1.86. The molecule has 1 aromatic carbocycles. The van der Waals surface area contributed by atoms with Gasteiger partial charge in [-0.25, -0.2) is 9.97 Å². The summed E-state index contributed by atoms with van der Waals surface area (Å²) in [5, 5.41) is 4.51. The Balaban J connectivity index is 2.18. The van der Waals surface area contributed by atoms with E-state index in [1.165, 1.54) is 6.33 Å². The summed E-state index contributed by atoms with van der Waals surface area (Å²) in [5.74, 6) is 1.03. The largest absolute Gasteiger partial charge is 0.366 e. The van der Waals surface area contributed by atoms with Crippen molar-refractivity contribution in [2.24, 2.45) is 0 Å². The molecule has 0 amide bonds. The highest BCUT2D eigenvalue weighted by Crippen LogP contribution is 2.28. The average molecular weight is 296 g/mol. The smallest absolute Gasteiger partial charge is 0.138 e. The van der Waals surface area contributed by atoms with Crippen molar-refractivity contribution in [3.05, 3.63) is 51.9 Å². The van der Waals surface area contributed by atoms with Gasteiger partial charge >= 0.3 is 0 Å². The predicted molar refractivity (Wildman–Crippen MR) is 79.9 cm³/mol. The number of aromatic nitrogens is 2. The van der Waals surface area contributed by atoms with Crippen LogP contribution in [0.1, 0.15) is 30.9 Å². The lowest BCUT2D eigenvalue weighted by Gasteiger charge is -2.14. The highest BCUT2D eigenvalue weighted by Gasteiger charge is 2.13. The van der Waals surface area contributed by atoms with Gasteiger partial charge in [-0.15, -0.1) is 0 Å². The Labute approximate surface area is 123 Å². The summed E-state index contributed by atoms with van der Waals surface area (Å²) in [6, 6.07) is 7.71. The number of hydrogen-bond donors (Lipinski definition) is 1. The number of nitrogens with zero attached hydrogens (tertiary/aromatic N) is 2. The minimum Gasteiger partial charge on any atom is -0.366 e. The molecule has 2 aromatic rings. The van der Waals surface area contributed by atoms with Crippen molar-refractivity contribution in [2.75, 3.05) is 5.32 Å². The van der Waals surface area contributed by atoms with Gasteiger partial charge in [0.2, 0.25) is 0 Å². The van der Waals surface area contributed by atoms with Crippen molar-refractivity contribution in [2.45, 2.75) is 26.3 Å². The molecule has 0 radical (unpaired) electrons. The minimum absolute atomic E-state index is 0.260. The van der Waals surface area contributed by atoms with Gasteiger partial charge in [0.1, 0.15) is 17.3 Å². The Morgan fingerprint density at radius 3 is 2.68 bits per heavy atom. The molecule has 0 aliphatic carbocycles. The Hall–Kier alpha value is -1.32. The Morgan fingerprint density at radius 2 is 2.00 bits per heavy atom. The second-order valence-electron chi connectivity index (χ2n) is 4.56. The fourth-order valence-corrected chi connectivity index (χ4v) is 2.42. The van der Waals surface area contributed by atoms with Gasteiger partial charge in [-0.3, -0.25) is 0 Å². The minimum atomic E-state index is 0.260. The fraction of sp³-hybridized carbons (Fsp3) is 0.286. The van der Waals surface area contributed by atoms with Crippen molar-refractivity contribution in [1.29, 1.82) is 0 Å². The van der Waals surface area contributed by atoms with Gasteiger partial charge in [-0.05, 0) is 23.6 Å². The Bertz CT molecular complexity index is 570. The molecule has 19 heavy (non-hydrogen) atoms. The van der Waals surface area contributed by atoms with Crippen LogP contribution in [-0.4, -0.2) is 9.97 Å². The number of anilines is 1. The molecule has 0 unspecified atom stereocenters. The van der Waals surface area contributed by atoms with Crippen LogP contribution in [0.4, 0.5) is 5.82 Å². The molecule has 0 atom stereocenters. The van der Waals surface area contributed by atoms with E-state index in [0.29, 0.717) is 11.7 Å². The van der Waals surface area contributed by atoms with E-state index in [9.17, 15) is 0 Å². The molecule has 0 saturated carbocycles. The quantitative estimate of drug-likeness (QED) is 0.843. The lowest BCUT2D eigenvalue weighted by Crippen LogP contribution is -2.07. The van der Waals surface area contributed by atoms with Crippen LogP contribution < -0.4 is 5.32 Å². The van der Waals surface area contributed by atoms with Gasteiger partial charge in [0.15, 0.2) is 0 Å². The van der Waals surface area contributed by atoms with E-state index >= 15 is 0 Å². The highest BCUT2D eigenvalue weighted by molar-refractivity contribution is 6.30. The van der Waals surface area contributed by atoms with Crippen LogP contribution in [0.2, 0.25) is 10.2 Å². The van der Waals surface area contributed by atoms with Gasteiger partial charge in [0.25, 0.3) is 0 Å². The topological polar surface area (TPSA) is 37.8 Å². The maximum absolute atomic E-state index is 6.12. The first-order valence-electron chi connectivity index (χ1n) is 6.06. The summed E-state index contributed by atoms with van der Waals surface area (Å²) in [6.07, 6.45) is 1.47. The van der Waals surface area contributed by atoms with E-state index < -0.39 is 0 Å². The van der Waals surface area contributed by atoms with E-state index in [0.717, 1.165) is 22.0 Å². The maximum atomic E-state index is 6.12. The number of hydrogen-bond acceptors (Lipinski definition) is 3. The van der Waals surface area contributed by atoms with Crippen LogP contribution in [0.25, 0.3) is 0 Å². The molecule has 0 aliphatic rings. The Kier molecular flexibility index (Phi) is 4.61. The van der Waals surface area contributed by atoms with Gasteiger partial charge in [-0.1, -0.05) is 49.2 Å². The molecule has 0 bridgehead atoms. The summed E-state index contributed by atoms with van der Waals surface area (Å²) in [5.41, 5.74) is 2.03. The van der Waals surface area contributed by atoms with Crippen LogP contribution in [0.15, 0.2) is 30.6 Å². The first-order chi connectivity index (χ1) is 9.08. The molecule has 1 aromatic heterocycles. The summed E-state index contributed by atoms with van der Waals surface area (Å²) in [4.78, 5) is 8.28. The number of halogens is 2. The molecule has 0 saturated heterocycles. The Morgan fingerprint density at radius 1 is 1.21 bits per heavy atom. The van der Waals surface area contributed by atoms with Gasteiger partial charge in [-0.2, -0.15) is 0 Å². The molecule has 3 nitrogen and oxygen atoms in total. The van der Waals surface area contributed by atoms with E-state index in [1.807, 2.05) is 24.3 Å². The second kappa shape index (κ2) is 6.22. The predicted octanol–water partition coefficient (Wildman–Crippen LogP) is 4.52. The van der Waals surface area contributed by atoms with Crippen LogP contribution in [-0.2, 0) is 6.54 Å². The first kappa shape index (κ1) is 14.1. The van der Waals surface area contributed by atoms with E-state index in [4.69, 9.17) is 23.2 Å². The molecule has 0 fully saturated rings. The van der Waals surface area contributed by atoms with Gasteiger partial charge < -0.3 is 5.32 Å². The molecule has 0 aliphatic heterocycles. The number of benzene rings is 1. The summed E-state index contributed by atoms with van der Waals surface area (Å²) < 4.78 is 0. The van der Waals surface area contributed by atoms with Gasteiger partial charge in [0, 0.05) is 17.1 Å². The number of nitrogens with one attached hydrogen (secondary N) is 1. The zero-order valence-corrected chi connectivity index (χ0v) is 12.3. The molecule has 1 N–H and O–H groups in total. The summed E-state index contributed by atoms with van der Waals surface area (Å²) >= 11 is 12.1. The standard InChI is InChI=1S/C14H15Cl2N3/c1-9(2)12-13(16)18-8-19-14(12)17-7-10-4-3-5-11(15)6-10/h3-6,8-9H,7H2,1-2H3,(H,17,18,19). The van der Waals surface area contributed by atoms with Crippen LogP contribution in [0.3, 0.4) is 0 Å². The van der Waals surface area contributed by atoms with E-state index in [1.54, 1.807) is 0 Å². The molecule has 0 spiro atoms. The van der Waals surface area contributed by atoms with Crippen LogP contribution in [0.5, 0.6) is 0 Å². The third kappa shape index (κ3) is 3.58. The van der Waals surface area contributed by atoms with Crippen LogP contribution in [0, 0.1) is 0 Å². The lowest BCUT2D eigenvalue weighted by molar-refractivity contribution is 0.844. The highest BCUT2D eigenvalue weighted by atomic mass is 35.5.